The van der Waals surface area contributed by atoms with E-state index in [1.807, 2.05) is 0 Å². The second kappa shape index (κ2) is 3.49. The van der Waals surface area contributed by atoms with Gasteiger partial charge in [0.25, 0.3) is 0 Å². The average molecular weight is 173 g/mol. The molecule has 0 heterocycles. The number of nitrogens with two attached hydrogens (primary N) is 1. The molecule has 2 N–H and O–H groups in total. The van der Waals surface area contributed by atoms with Gasteiger partial charge in [-0.25, -0.2) is 8.78 Å². The van der Waals surface area contributed by atoms with E-state index in [-0.39, 0.29) is 12.3 Å². The largest absolute Gasteiger partial charge is 0.491 e. The van der Waals surface area contributed by atoms with Crippen molar-refractivity contribution in [1.82, 2.24) is 0 Å². The van der Waals surface area contributed by atoms with E-state index >= 15 is 0 Å². The summed E-state index contributed by atoms with van der Waals surface area (Å²) in [5.41, 5.74) is 5.61. The Labute approximate surface area is 68.9 Å². The number of methoxy groups -OCH3 is 1. The minimum Gasteiger partial charge on any atom is -0.491 e. The highest BCUT2D eigenvalue weighted by atomic mass is 19.1. The molecule has 12 heavy (non-hydrogen) atoms. The van der Waals surface area contributed by atoms with E-state index in [4.69, 9.17) is 5.73 Å². The molecule has 0 fully saturated rings. The Balaban J connectivity index is 3.18. The van der Waals surface area contributed by atoms with Gasteiger partial charge in [0.2, 0.25) is 0 Å². The van der Waals surface area contributed by atoms with Crippen LogP contribution in [0.25, 0.3) is 0 Å². The fourth-order valence-corrected chi connectivity index (χ4v) is 0.925. The van der Waals surface area contributed by atoms with Crippen molar-refractivity contribution in [1.29, 1.82) is 0 Å². The summed E-state index contributed by atoms with van der Waals surface area (Å²) in [6.45, 7) is 0.109. The molecule has 1 rings (SSSR count). The molecule has 66 valence electrons. The van der Waals surface area contributed by atoms with Crippen LogP contribution in [-0.4, -0.2) is 7.11 Å². The molecule has 0 spiro atoms. The SMILES string of the molecule is COc1c(F)cc(CN)cc1F. The number of rotatable bonds is 2. The lowest BCUT2D eigenvalue weighted by atomic mass is 10.2. The number of hydrogen-bond donors (Lipinski definition) is 1. The first-order chi connectivity index (χ1) is 5.69. The van der Waals surface area contributed by atoms with E-state index in [1.54, 1.807) is 0 Å². The highest BCUT2D eigenvalue weighted by Crippen LogP contribution is 2.22. The molecular weight excluding hydrogens is 164 g/mol. The second-order valence-corrected chi connectivity index (χ2v) is 2.30. The van der Waals surface area contributed by atoms with Gasteiger partial charge in [-0.1, -0.05) is 0 Å². The van der Waals surface area contributed by atoms with Crippen LogP contribution in [-0.2, 0) is 6.54 Å². The van der Waals surface area contributed by atoms with Crippen LogP contribution in [0.2, 0.25) is 0 Å². The standard InChI is InChI=1S/C8H9F2NO/c1-12-8-6(9)2-5(4-11)3-7(8)10/h2-3H,4,11H2,1H3. The lowest BCUT2D eigenvalue weighted by Gasteiger charge is -2.04. The molecule has 1 aromatic rings. The third-order valence-electron chi connectivity index (χ3n) is 1.50. The monoisotopic (exact) mass is 173 g/mol. The smallest absolute Gasteiger partial charge is 0.190 e. The van der Waals surface area contributed by atoms with Crippen LogP contribution in [0.5, 0.6) is 5.75 Å². The zero-order valence-electron chi connectivity index (χ0n) is 6.60. The minimum absolute atomic E-state index is 0.109. The van der Waals surface area contributed by atoms with Gasteiger partial charge in [0.05, 0.1) is 7.11 Å². The molecule has 1 aromatic carbocycles. The molecule has 0 unspecified atom stereocenters. The van der Waals surface area contributed by atoms with E-state index in [9.17, 15) is 8.78 Å². The molecule has 0 radical (unpaired) electrons. The van der Waals surface area contributed by atoms with Gasteiger partial charge >= 0.3 is 0 Å². The first-order valence-electron chi connectivity index (χ1n) is 3.41. The normalized spacial score (nSPS) is 10.0. The lowest BCUT2D eigenvalue weighted by molar-refractivity contribution is 0.359. The van der Waals surface area contributed by atoms with Gasteiger partial charge in [0, 0.05) is 6.54 Å². The second-order valence-electron chi connectivity index (χ2n) is 2.30. The van der Waals surface area contributed by atoms with Crippen molar-refractivity contribution in [2.75, 3.05) is 7.11 Å². The van der Waals surface area contributed by atoms with Crippen molar-refractivity contribution in [2.45, 2.75) is 6.54 Å². The van der Waals surface area contributed by atoms with Gasteiger partial charge in [-0.3, -0.25) is 0 Å². The lowest BCUT2D eigenvalue weighted by Crippen LogP contribution is -2.00. The van der Waals surface area contributed by atoms with Crippen LogP contribution >= 0.6 is 0 Å². The van der Waals surface area contributed by atoms with E-state index in [2.05, 4.69) is 4.74 Å². The average Bonchev–Trinajstić information content (AvgIpc) is 2.03. The molecule has 0 aliphatic carbocycles. The predicted molar refractivity (Wildman–Crippen MR) is 40.8 cm³/mol. The fraction of sp³-hybridized carbons (Fsp3) is 0.250. The van der Waals surface area contributed by atoms with Crippen molar-refractivity contribution in [3.8, 4) is 5.75 Å². The number of ether oxygens (including phenoxy) is 1. The summed E-state index contributed by atoms with van der Waals surface area (Å²) in [5.74, 6) is -1.82. The highest BCUT2D eigenvalue weighted by molar-refractivity contribution is 5.31. The van der Waals surface area contributed by atoms with Gasteiger partial charge < -0.3 is 10.5 Å². The Hall–Kier alpha value is -1.16. The summed E-state index contributed by atoms with van der Waals surface area (Å²) in [7, 11) is 1.21. The molecule has 0 aromatic heterocycles. The summed E-state index contributed by atoms with van der Waals surface area (Å²) in [6, 6.07) is 2.31. The molecule has 0 amide bonds. The van der Waals surface area contributed by atoms with E-state index in [0.29, 0.717) is 5.56 Å². The van der Waals surface area contributed by atoms with E-state index < -0.39 is 11.6 Å². The van der Waals surface area contributed by atoms with Gasteiger partial charge in [0.1, 0.15) is 0 Å². The summed E-state index contributed by atoms with van der Waals surface area (Å²) < 4.78 is 30.2. The Morgan fingerprint density at radius 2 is 1.83 bits per heavy atom. The summed E-state index contributed by atoms with van der Waals surface area (Å²) in [6.07, 6.45) is 0. The maximum atomic E-state index is 12.9. The van der Waals surface area contributed by atoms with Crippen LogP contribution in [0, 0.1) is 11.6 Å². The Morgan fingerprint density at radius 3 is 2.17 bits per heavy atom. The molecule has 0 atom stereocenters. The van der Waals surface area contributed by atoms with Crippen LogP contribution < -0.4 is 10.5 Å². The third-order valence-corrected chi connectivity index (χ3v) is 1.50. The highest BCUT2D eigenvalue weighted by Gasteiger charge is 2.10. The fourth-order valence-electron chi connectivity index (χ4n) is 0.925. The Morgan fingerprint density at radius 1 is 1.33 bits per heavy atom. The topological polar surface area (TPSA) is 35.2 Å². The first kappa shape index (κ1) is 8.93. The maximum Gasteiger partial charge on any atom is 0.190 e. The summed E-state index contributed by atoms with van der Waals surface area (Å²) >= 11 is 0. The maximum absolute atomic E-state index is 12.9. The van der Waals surface area contributed by atoms with Crippen LogP contribution in [0.4, 0.5) is 8.78 Å². The number of benzene rings is 1. The van der Waals surface area contributed by atoms with Crippen molar-refractivity contribution < 1.29 is 13.5 Å². The molecule has 0 bridgehead atoms. The molecule has 0 aliphatic heterocycles. The number of hydrogen-bond acceptors (Lipinski definition) is 2. The van der Waals surface area contributed by atoms with Crippen LogP contribution in [0.1, 0.15) is 5.56 Å². The predicted octanol–water partition coefficient (Wildman–Crippen LogP) is 1.43. The zero-order valence-corrected chi connectivity index (χ0v) is 6.60. The zero-order chi connectivity index (χ0) is 9.14. The van der Waals surface area contributed by atoms with Gasteiger partial charge in [-0.05, 0) is 17.7 Å². The van der Waals surface area contributed by atoms with Crippen molar-refractivity contribution >= 4 is 0 Å². The summed E-state index contributed by atoms with van der Waals surface area (Å²) in [5, 5.41) is 0. The van der Waals surface area contributed by atoms with Gasteiger partial charge in [0.15, 0.2) is 17.4 Å². The van der Waals surface area contributed by atoms with Crippen molar-refractivity contribution in [3.05, 3.63) is 29.3 Å². The Bertz CT molecular complexity index is 265. The van der Waals surface area contributed by atoms with Crippen molar-refractivity contribution in [2.24, 2.45) is 5.73 Å². The van der Waals surface area contributed by atoms with Crippen LogP contribution in [0.3, 0.4) is 0 Å². The first-order valence-corrected chi connectivity index (χ1v) is 3.41. The molecule has 0 saturated heterocycles. The third kappa shape index (κ3) is 1.53. The van der Waals surface area contributed by atoms with Gasteiger partial charge in [-0.15, -0.1) is 0 Å². The number of halogens is 2. The quantitative estimate of drug-likeness (QED) is 0.734. The molecule has 2 nitrogen and oxygen atoms in total. The minimum atomic E-state index is -0.724. The molecule has 4 heteroatoms. The van der Waals surface area contributed by atoms with E-state index in [0.717, 1.165) is 12.1 Å². The van der Waals surface area contributed by atoms with Crippen LogP contribution in [0.15, 0.2) is 12.1 Å². The Kier molecular flexibility index (Phi) is 2.60. The molecule has 0 aliphatic rings. The molecular formula is C8H9F2NO. The van der Waals surface area contributed by atoms with Gasteiger partial charge in [-0.2, -0.15) is 0 Å². The van der Waals surface area contributed by atoms with Crippen molar-refractivity contribution in [3.63, 3.8) is 0 Å². The molecule has 0 saturated carbocycles. The van der Waals surface area contributed by atoms with E-state index in [1.165, 1.54) is 7.11 Å². The summed E-state index contributed by atoms with van der Waals surface area (Å²) in [4.78, 5) is 0.